The fourth-order valence-electron chi connectivity index (χ4n) is 2.51. The summed E-state index contributed by atoms with van der Waals surface area (Å²) in [7, 11) is 1.79. The minimum Gasteiger partial charge on any atom is -0.297 e. The van der Waals surface area contributed by atoms with Crippen LogP contribution in [0.4, 0.5) is 0 Å². The molecule has 1 aromatic rings. The minimum atomic E-state index is 0.393. The molecule has 0 heterocycles. The highest BCUT2D eigenvalue weighted by Gasteiger charge is 2.17. The highest BCUT2D eigenvalue weighted by molar-refractivity contribution is 5.72. The third-order valence-electron chi connectivity index (χ3n) is 3.38. The van der Waals surface area contributed by atoms with Crippen molar-refractivity contribution in [1.82, 2.24) is 0 Å². The Morgan fingerprint density at radius 2 is 2.11 bits per heavy atom. The predicted molar refractivity (Wildman–Crippen MR) is 84.0 cm³/mol. The van der Waals surface area contributed by atoms with Crippen molar-refractivity contribution < 1.29 is 0 Å². The van der Waals surface area contributed by atoms with E-state index >= 15 is 0 Å². The third-order valence-corrected chi connectivity index (χ3v) is 3.38. The van der Waals surface area contributed by atoms with Gasteiger partial charge in [-0.05, 0) is 29.2 Å². The van der Waals surface area contributed by atoms with E-state index in [1.165, 1.54) is 23.1 Å². The lowest BCUT2D eigenvalue weighted by Gasteiger charge is -2.16. The molecule has 0 spiro atoms. The Kier molecular flexibility index (Phi) is 4.91. The maximum atomic E-state index is 3.98. The number of nitrogens with zero attached hydrogens (tertiary/aromatic N) is 1. The summed E-state index contributed by atoms with van der Waals surface area (Å²) in [6.07, 6.45) is 14.9. The van der Waals surface area contributed by atoms with Crippen LogP contribution in [0, 0.1) is 0 Å². The number of aryl methyl sites for hydroxylation is 1. The van der Waals surface area contributed by atoms with E-state index in [2.05, 4.69) is 60.5 Å². The molecule has 1 aliphatic carbocycles. The molecule has 1 aliphatic rings. The van der Waals surface area contributed by atoms with Gasteiger partial charge in [-0.3, -0.25) is 4.99 Å². The first-order valence-electron chi connectivity index (χ1n) is 6.91. The second-order valence-electron chi connectivity index (χ2n) is 4.74. The van der Waals surface area contributed by atoms with Crippen LogP contribution >= 0.6 is 0 Å². The fraction of sp³-hybridized carbons (Fsp3) is 0.278. The van der Waals surface area contributed by atoms with Gasteiger partial charge in [0.25, 0.3) is 0 Å². The lowest BCUT2D eigenvalue weighted by molar-refractivity contribution is 0.888. The second kappa shape index (κ2) is 6.89. The molecule has 98 valence electrons. The second-order valence-corrected chi connectivity index (χ2v) is 4.74. The lowest BCUT2D eigenvalue weighted by atomic mass is 9.88. The Labute approximate surface area is 116 Å². The number of aliphatic imine (C=N–C) groups is 1. The SMILES string of the molecule is CCCc1ccccc1C1C=CC=C1/C=C/C=NC. The van der Waals surface area contributed by atoms with Crippen LogP contribution in [0.15, 0.2) is 65.2 Å². The van der Waals surface area contributed by atoms with Gasteiger partial charge in [0.2, 0.25) is 0 Å². The first kappa shape index (κ1) is 13.5. The van der Waals surface area contributed by atoms with E-state index in [1.54, 1.807) is 7.05 Å². The van der Waals surface area contributed by atoms with Crippen molar-refractivity contribution in [3.05, 3.63) is 71.3 Å². The summed E-state index contributed by atoms with van der Waals surface area (Å²) in [5, 5.41) is 0. The van der Waals surface area contributed by atoms with Crippen LogP contribution in [-0.2, 0) is 6.42 Å². The first-order valence-corrected chi connectivity index (χ1v) is 6.91. The Balaban J connectivity index is 2.26. The Morgan fingerprint density at radius 3 is 2.89 bits per heavy atom. The topological polar surface area (TPSA) is 12.4 Å². The van der Waals surface area contributed by atoms with Crippen LogP contribution in [0.5, 0.6) is 0 Å². The monoisotopic (exact) mass is 251 g/mol. The van der Waals surface area contributed by atoms with Crippen molar-refractivity contribution in [2.75, 3.05) is 7.05 Å². The van der Waals surface area contributed by atoms with Gasteiger partial charge in [-0.1, -0.05) is 61.9 Å². The summed E-state index contributed by atoms with van der Waals surface area (Å²) in [6, 6.07) is 8.77. The lowest BCUT2D eigenvalue weighted by Crippen LogP contribution is -2.00. The molecule has 2 rings (SSSR count). The van der Waals surface area contributed by atoms with Crippen LogP contribution < -0.4 is 0 Å². The van der Waals surface area contributed by atoms with Crippen molar-refractivity contribution >= 4 is 6.21 Å². The molecule has 0 bridgehead atoms. The number of allylic oxidation sites excluding steroid dienone is 6. The molecule has 0 saturated heterocycles. The average Bonchev–Trinajstić information content (AvgIpc) is 2.88. The average molecular weight is 251 g/mol. The van der Waals surface area contributed by atoms with E-state index in [0.717, 1.165) is 6.42 Å². The molecule has 0 N–H and O–H groups in total. The number of hydrogen-bond acceptors (Lipinski definition) is 1. The molecule has 0 radical (unpaired) electrons. The van der Waals surface area contributed by atoms with Crippen molar-refractivity contribution in [1.29, 1.82) is 0 Å². The van der Waals surface area contributed by atoms with Gasteiger partial charge in [-0.25, -0.2) is 0 Å². The first-order chi connectivity index (χ1) is 9.36. The largest absolute Gasteiger partial charge is 0.297 e. The number of benzene rings is 1. The van der Waals surface area contributed by atoms with E-state index in [9.17, 15) is 0 Å². The van der Waals surface area contributed by atoms with Gasteiger partial charge >= 0.3 is 0 Å². The van der Waals surface area contributed by atoms with Gasteiger partial charge in [0.05, 0.1) is 0 Å². The molecular formula is C18H21N. The summed E-state index contributed by atoms with van der Waals surface area (Å²) in [4.78, 5) is 3.98. The summed E-state index contributed by atoms with van der Waals surface area (Å²) in [6.45, 7) is 2.23. The van der Waals surface area contributed by atoms with E-state index in [0.29, 0.717) is 5.92 Å². The Morgan fingerprint density at radius 1 is 1.26 bits per heavy atom. The third kappa shape index (κ3) is 3.31. The quantitative estimate of drug-likeness (QED) is 0.684. The Hall–Kier alpha value is -1.89. The molecule has 19 heavy (non-hydrogen) atoms. The molecule has 1 aromatic carbocycles. The van der Waals surface area contributed by atoms with Crippen LogP contribution in [-0.4, -0.2) is 13.3 Å². The van der Waals surface area contributed by atoms with E-state index in [1.807, 2.05) is 12.3 Å². The molecular weight excluding hydrogens is 230 g/mol. The molecule has 0 fully saturated rings. The highest BCUT2D eigenvalue weighted by Crippen LogP contribution is 2.33. The Bertz CT molecular complexity index is 532. The van der Waals surface area contributed by atoms with Gasteiger partial charge in [0.1, 0.15) is 0 Å². The molecule has 1 nitrogen and oxygen atoms in total. The van der Waals surface area contributed by atoms with Gasteiger partial charge in [-0.2, -0.15) is 0 Å². The summed E-state index contributed by atoms with van der Waals surface area (Å²) >= 11 is 0. The normalized spacial score (nSPS) is 18.6. The van der Waals surface area contributed by atoms with Gasteiger partial charge in [0.15, 0.2) is 0 Å². The molecule has 1 atom stereocenters. The van der Waals surface area contributed by atoms with Crippen LogP contribution in [0.2, 0.25) is 0 Å². The van der Waals surface area contributed by atoms with Crippen molar-refractivity contribution in [3.8, 4) is 0 Å². The predicted octanol–water partition coefficient (Wildman–Crippen LogP) is 4.48. The van der Waals surface area contributed by atoms with Gasteiger partial charge < -0.3 is 0 Å². The number of hydrogen-bond donors (Lipinski definition) is 0. The maximum Gasteiger partial charge on any atom is 0.0277 e. The molecule has 1 unspecified atom stereocenters. The molecule has 0 aliphatic heterocycles. The molecule has 0 aromatic heterocycles. The fourth-order valence-corrected chi connectivity index (χ4v) is 2.51. The van der Waals surface area contributed by atoms with Gasteiger partial charge in [-0.15, -0.1) is 0 Å². The summed E-state index contributed by atoms with van der Waals surface area (Å²) in [5.41, 5.74) is 4.23. The molecule has 0 amide bonds. The van der Waals surface area contributed by atoms with Crippen molar-refractivity contribution in [2.45, 2.75) is 25.7 Å². The van der Waals surface area contributed by atoms with E-state index in [-0.39, 0.29) is 0 Å². The van der Waals surface area contributed by atoms with Crippen molar-refractivity contribution in [2.24, 2.45) is 4.99 Å². The van der Waals surface area contributed by atoms with Crippen molar-refractivity contribution in [3.63, 3.8) is 0 Å². The summed E-state index contributed by atoms with van der Waals surface area (Å²) < 4.78 is 0. The van der Waals surface area contributed by atoms with Gasteiger partial charge in [0, 0.05) is 19.2 Å². The highest BCUT2D eigenvalue weighted by atomic mass is 14.6. The summed E-state index contributed by atoms with van der Waals surface area (Å²) in [5.74, 6) is 0.393. The van der Waals surface area contributed by atoms with E-state index < -0.39 is 0 Å². The maximum absolute atomic E-state index is 3.98. The zero-order chi connectivity index (χ0) is 13.5. The van der Waals surface area contributed by atoms with E-state index in [4.69, 9.17) is 0 Å². The zero-order valence-corrected chi connectivity index (χ0v) is 11.7. The smallest absolute Gasteiger partial charge is 0.0277 e. The van der Waals surface area contributed by atoms with Crippen LogP contribution in [0.1, 0.15) is 30.4 Å². The number of rotatable bonds is 5. The standard InChI is InChI=1S/C18H21N/c1-3-8-15-9-4-5-12-17(15)18-13-6-10-16(18)11-7-14-19-2/h4-7,9-14,18H,3,8H2,1-2H3/b11-7+,19-14?. The molecule has 1 heteroatoms. The van der Waals surface area contributed by atoms with Crippen LogP contribution in [0.25, 0.3) is 0 Å². The molecule has 0 saturated carbocycles. The van der Waals surface area contributed by atoms with Crippen LogP contribution in [0.3, 0.4) is 0 Å². The zero-order valence-electron chi connectivity index (χ0n) is 11.7. The minimum absolute atomic E-state index is 0.393.